The minimum absolute atomic E-state index is 0.0940. The number of aryl methyl sites for hydroxylation is 2. The van der Waals surface area contributed by atoms with Crippen LogP contribution in [0, 0.1) is 20.4 Å². The molecular weight excluding hydrogens is 611 g/mol. The zero-order valence-electron chi connectivity index (χ0n) is 27.2. The molecular formula is C31H41N8O6P. The Bertz CT molecular complexity index is 1620. The van der Waals surface area contributed by atoms with Gasteiger partial charge in [-0.15, -0.1) is 0 Å². The van der Waals surface area contributed by atoms with Crippen molar-refractivity contribution in [3.63, 3.8) is 0 Å². The van der Waals surface area contributed by atoms with Crippen LogP contribution >= 0.6 is 8.53 Å². The van der Waals surface area contributed by atoms with Crippen molar-refractivity contribution in [1.82, 2.24) is 24.4 Å². The number of hydrogen-bond donors (Lipinski definition) is 1. The van der Waals surface area contributed by atoms with Gasteiger partial charge in [0.15, 0.2) is 6.23 Å². The fourth-order valence-corrected chi connectivity index (χ4v) is 7.90. The first-order valence-corrected chi connectivity index (χ1v) is 16.5. The second kappa shape index (κ2) is 13.9. The van der Waals surface area contributed by atoms with Crippen molar-refractivity contribution < 1.29 is 23.1 Å². The number of hydrogen-bond acceptors (Lipinski definition) is 11. The summed E-state index contributed by atoms with van der Waals surface area (Å²) in [6, 6.07) is 8.36. The molecule has 5 rings (SSSR count). The highest BCUT2D eigenvalue weighted by Gasteiger charge is 2.66. The molecule has 246 valence electrons. The number of nitrogens with zero attached hydrogens (tertiary/aromatic N) is 7. The predicted molar refractivity (Wildman–Crippen MR) is 172 cm³/mol. The highest BCUT2D eigenvalue weighted by Crippen LogP contribution is 2.57. The lowest BCUT2D eigenvalue weighted by Gasteiger charge is -2.38. The third-order valence-corrected chi connectivity index (χ3v) is 10.3. The Morgan fingerprint density at radius 3 is 2.54 bits per heavy atom. The first-order chi connectivity index (χ1) is 22.0. The molecule has 2 aliphatic rings. The van der Waals surface area contributed by atoms with Gasteiger partial charge in [0, 0.05) is 36.3 Å². The van der Waals surface area contributed by atoms with Crippen LogP contribution in [0.15, 0.2) is 45.8 Å². The Balaban J connectivity index is 1.53. The van der Waals surface area contributed by atoms with Crippen molar-refractivity contribution >= 4 is 26.2 Å². The van der Waals surface area contributed by atoms with Gasteiger partial charge in [-0.05, 0) is 58.3 Å². The monoisotopic (exact) mass is 652 g/mol. The van der Waals surface area contributed by atoms with E-state index in [1.54, 1.807) is 44.3 Å². The number of anilines is 2. The van der Waals surface area contributed by atoms with Crippen molar-refractivity contribution in [3.05, 3.63) is 75.4 Å². The first kappa shape index (κ1) is 33.6. The molecule has 4 heterocycles. The van der Waals surface area contributed by atoms with Crippen molar-refractivity contribution in [2.45, 2.75) is 90.9 Å². The number of morpholine rings is 1. The Labute approximate surface area is 269 Å². The molecule has 2 saturated heterocycles. The summed E-state index contributed by atoms with van der Waals surface area (Å²) >= 11 is 0. The molecule has 14 nitrogen and oxygen atoms in total. The van der Waals surface area contributed by atoms with E-state index in [1.165, 1.54) is 4.57 Å². The summed E-state index contributed by atoms with van der Waals surface area (Å²) in [4.78, 5) is 40.7. The molecule has 2 bridgehead atoms. The van der Waals surface area contributed by atoms with Crippen LogP contribution in [-0.2, 0) is 13.8 Å². The third kappa shape index (κ3) is 6.56. The molecule has 0 aliphatic carbocycles. The summed E-state index contributed by atoms with van der Waals surface area (Å²) in [6.45, 7) is 21.9. The van der Waals surface area contributed by atoms with E-state index in [-0.39, 0.29) is 37.0 Å². The van der Waals surface area contributed by atoms with Gasteiger partial charge in [-0.1, -0.05) is 25.1 Å². The van der Waals surface area contributed by atoms with Crippen molar-refractivity contribution in [3.8, 4) is 0 Å². The van der Waals surface area contributed by atoms with Gasteiger partial charge in [-0.3, -0.25) is 9.36 Å². The van der Waals surface area contributed by atoms with Crippen LogP contribution in [0.2, 0.25) is 0 Å². The molecule has 15 heteroatoms. The quantitative estimate of drug-likeness (QED) is 0.156. The first-order valence-electron chi connectivity index (χ1n) is 15.4. The molecule has 0 spiro atoms. The van der Waals surface area contributed by atoms with Crippen LogP contribution in [0.3, 0.4) is 0 Å². The largest absolute Gasteiger partial charge is 0.351 e. The van der Waals surface area contributed by atoms with Crippen LogP contribution in [0.25, 0.3) is 4.85 Å². The highest BCUT2D eigenvalue weighted by atomic mass is 31.2. The molecule has 1 aromatic carbocycles. The minimum atomic E-state index is -1.63. The summed E-state index contributed by atoms with van der Waals surface area (Å²) < 4.78 is 29.0. The van der Waals surface area contributed by atoms with E-state index in [2.05, 4.69) is 57.7 Å². The number of amides is 1. The highest BCUT2D eigenvalue weighted by molar-refractivity contribution is 7.44. The zero-order chi connectivity index (χ0) is 33.2. The topological polar surface area (TPSA) is 141 Å². The standard InChI is InChI=1S/C31H41N8O6P/c1-9-31-18-38(29-33-22(7)44-36-29)24(25(31)45-46(42-16-15-32-8)39(19(2)3)20(4)5)28(43-31)37-17-21(6)26(35-30(37)41)34-27(40)23-13-11-10-12-14-23/h10-14,17,19-20,24-25,28H,9,15-16,18H2,1-7H3,(H,34,35,40,41)/t24-,25+,28-,31+,46?/m1/s1. The maximum Gasteiger partial charge on any atom is 0.351 e. The Hall–Kier alpha value is -3.73. The fourth-order valence-electron chi connectivity index (χ4n) is 6.09. The van der Waals surface area contributed by atoms with E-state index in [1.807, 2.05) is 17.9 Å². The van der Waals surface area contributed by atoms with Crippen molar-refractivity contribution in [2.75, 3.05) is 29.9 Å². The summed E-state index contributed by atoms with van der Waals surface area (Å²) in [5.41, 5.74) is -0.425. The Morgan fingerprint density at radius 1 is 1.22 bits per heavy atom. The molecule has 1 unspecified atom stereocenters. The summed E-state index contributed by atoms with van der Waals surface area (Å²) in [6.07, 6.45) is 0.802. The minimum Gasteiger partial charge on any atom is -0.344 e. The fraction of sp³-hybridized carbons (Fsp3) is 0.548. The van der Waals surface area contributed by atoms with Gasteiger partial charge in [-0.2, -0.15) is 9.97 Å². The van der Waals surface area contributed by atoms with Gasteiger partial charge >= 0.3 is 5.69 Å². The van der Waals surface area contributed by atoms with Crippen LogP contribution in [-0.4, -0.2) is 79.8 Å². The van der Waals surface area contributed by atoms with E-state index < -0.39 is 38.2 Å². The number of rotatable bonds is 13. The summed E-state index contributed by atoms with van der Waals surface area (Å²) in [5.74, 6) is 0.574. The van der Waals surface area contributed by atoms with Crippen LogP contribution < -0.4 is 15.9 Å². The SMILES string of the molecule is [C-]#[N+]CCOP(O[C@H]1[C@@H]2[C@H](n3cc(C)c(NC(=O)c4ccccc4)nc3=O)O[C@@]1(CC)CN2c1noc(C)n1)N(C(C)C)C(C)C. The summed E-state index contributed by atoms with van der Waals surface area (Å²) in [5, 5.41) is 6.96. The molecule has 1 N–H and O–H groups in total. The van der Waals surface area contributed by atoms with Crippen LogP contribution in [0.4, 0.5) is 11.8 Å². The average Bonchev–Trinajstić information content (AvgIpc) is 3.69. The lowest BCUT2D eigenvalue weighted by atomic mass is 9.96. The Kier molecular flexibility index (Phi) is 10.2. The van der Waals surface area contributed by atoms with Gasteiger partial charge in [0.05, 0.1) is 6.54 Å². The van der Waals surface area contributed by atoms with Gasteiger partial charge in [-0.25, -0.2) is 16.0 Å². The molecule has 2 aromatic heterocycles. The second-order valence-corrected chi connectivity index (χ2v) is 13.4. The van der Waals surface area contributed by atoms with Crippen LogP contribution in [0.5, 0.6) is 0 Å². The van der Waals surface area contributed by atoms with Gasteiger partial charge < -0.3 is 33.4 Å². The number of fused-ring (bicyclic) bond motifs is 2. The Morgan fingerprint density at radius 2 is 1.93 bits per heavy atom. The number of carbonyl (C=O) groups excluding carboxylic acids is 1. The van der Waals surface area contributed by atoms with Gasteiger partial charge in [0.25, 0.3) is 20.4 Å². The van der Waals surface area contributed by atoms with Crippen LogP contribution in [0.1, 0.15) is 69.1 Å². The van der Waals surface area contributed by atoms with Gasteiger partial charge in [0.1, 0.15) is 30.2 Å². The molecule has 3 aromatic rings. The van der Waals surface area contributed by atoms with E-state index >= 15 is 0 Å². The predicted octanol–water partition coefficient (Wildman–Crippen LogP) is 4.73. The zero-order valence-corrected chi connectivity index (χ0v) is 28.1. The molecule has 2 fully saturated rings. The molecule has 46 heavy (non-hydrogen) atoms. The molecule has 0 radical (unpaired) electrons. The lowest BCUT2D eigenvalue weighted by Crippen LogP contribution is -2.48. The number of nitrogens with one attached hydrogen (secondary N) is 1. The molecule has 1 amide bonds. The molecule has 2 aliphatic heterocycles. The smallest absolute Gasteiger partial charge is 0.344 e. The summed E-state index contributed by atoms with van der Waals surface area (Å²) in [7, 11) is -1.63. The average molecular weight is 653 g/mol. The maximum atomic E-state index is 13.7. The van der Waals surface area contributed by atoms with E-state index in [0.29, 0.717) is 35.9 Å². The maximum absolute atomic E-state index is 13.7. The number of carbonyl (C=O) groups is 1. The lowest BCUT2D eigenvalue weighted by molar-refractivity contribution is -0.105. The normalized spacial score (nSPS) is 23.0. The number of ether oxygens (including phenoxy) is 1. The third-order valence-electron chi connectivity index (χ3n) is 8.18. The van der Waals surface area contributed by atoms with Crippen molar-refractivity contribution in [2.24, 2.45) is 0 Å². The van der Waals surface area contributed by atoms with Crippen molar-refractivity contribution in [1.29, 1.82) is 0 Å². The number of aromatic nitrogens is 4. The number of benzene rings is 1. The molecule has 0 saturated carbocycles. The van der Waals surface area contributed by atoms with E-state index in [0.717, 1.165) is 0 Å². The molecule has 5 atom stereocenters. The van der Waals surface area contributed by atoms with Gasteiger partial charge in [0.2, 0.25) is 12.4 Å². The second-order valence-electron chi connectivity index (χ2n) is 12.0. The van der Waals surface area contributed by atoms with E-state index in [9.17, 15) is 9.59 Å². The van der Waals surface area contributed by atoms with E-state index in [4.69, 9.17) is 24.9 Å².